The molecule has 0 aromatic heterocycles. The summed E-state index contributed by atoms with van der Waals surface area (Å²) in [5.41, 5.74) is 1.61. The number of hydrogen-bond acceptors (Lipinski definition) is 4. The Morgan fingerprint density at radius 2 is 1.55 bits per heavy atom. The van der Waals surface area contributed by atoms with Crippen molar-refractivity contribution in [2.75, 3.05) is 0 Å². The van der Waals surface area contributed by atoms with Crippen molar-refractivity contribution >= 4 is 16.0 Å². The average Bonchev–Trinajstić information content (AvgIpc) is 2.78. The molecule has 1 atom stereocenters. The molecule has 0 radical (unpaired) electrons. The van der Waals surface area contributed by atoms with E-state index in [1.807, 2.05) is 0 Å². The first-order valence-electron chi connectivity index (χ1n) is 10.1. The highest BCUT2D eigenvalue weighted by Crippen LogP contribution is 2.25. The van der Waals surface area contributed by atoms with Crippen LogP contribution in [0.25, 0.3) is 11.1 Å². The van der Waals surface area contributed by atoms with E-state index in [1.165, 1.54) is 24.3 Å². The minimum Gasteiger partial charge on any atom is -0.489 e. The van der Waals surface area contributed by atoms with E-state index in [4.69, 9.17) is 4.74 Å². The lowest BCUT2D eigenvalue weighted by Crippen LogP contribution is -2.44. The fraction of sp³-hybridized carbons (Fsp3) is 0.208. The van der Waals surface area contributed by atoms with Gasteiger partial charge in [-0.2, -0.15) is 4.72 Å². The molecule has 0 saturated heterocycles. The van der Waals surface area contributed by atoms with E-state index in [9.17, 15) is 27.1 Å². The third-order valence-corrected chi connectivity index (χ3v) is 6.45. The van der Waals surface area contributed by atoms with Gasteiger partial charge in [-0.25, -0.2) is 17.2 Å². The molecule has 9 heteroatoms. The molecule has 3 aromatic rings. The topological polar surface area (TPSA) is 92.7 Å². The van der Waals surface area contributed by atoms with Gasteiger partial charge in [0.2, 0.25) is 10.0 Å². The zero-order chi connectivity index (χ0) is 24.2. The molecular weight excluding hydrogens is 452 g/mol. The van der Waals surface area contributed by atoms with Gasteiger partial charge in [0, 0.05) is 5.56 Å². The number of sulfonamides is 1. The summed E-state index contributed by atoms with van der Waals surface area (Å²) in [6.45, 7) is 3.11. The van der Waals surface area contributed by atoms with Gasteiger partial charge in [0.25, 0.3) is 0 Å². The van der Waals surface area contributed by atoms with Crippen LogP contribution >= 0.6 is 0 Å². The standard InChI is InChI=1S/C24H23F2NO5S/c1-15(2)23(24(28)29)27-33(30,31)20-12-8-17(9-13-20)16-6-10-19(11-7-16)32-14-18-4-3-5-21(25)22(18)26/h3-13,15,23,27H,14H2,1-2H3,(H,28,29). The SMILES string of the molecule is CC(C)C(NS(=O)(=O)c1ccc(-c2ccc(OCc3cccc(F)c3F)cc2)cc1)C(=O)O. The van der Waals surface area contributed by atoms with Crippen LogP contribution in [0.4, 0.5) is 8.78 Å². The number of carbonyl (C=O) groups is 1. The number of carboxylic acids is 1. The summed E-state index contributed by atoms with van der Waals surface area (Å²) in [5, 5.41) is 9.23. The third-order valence-electron chi connectivity index (χ3n) is 4.99. The highest BCUT2D eigenvalue weighted by Gasteiger charge is 2.27. The molecule has 0 aliphatic rings. The van der Waals surface area contributed by atoms with Crippen molar-refractivity contribution in [3.63, 3.8) is 0 Å². The zero-order valence-corrected chi connectivity index (χ0v) is 18.8. The van der Waals surface area contributed by atoms with E-state index in [0.717, 1.165) is 17.2 Å². The van der Waals surface area contributed by atoms with Gasteiger partial charge in [0.1, 0.15) is 18.4 Å². The van der Waals surface area contributed by atoms with E-state index in [1.54, 1.807) is 50.2 Å². The minimum atomic E-state index is -4.00. The maximum absolute atomic E-state index is 13.7. The lowest BCUT2D eigenvalue weighted by atomic mass is 10.1. The Morgan fingerprint density at radius 3 is 2.09 bits per heavy atom. The number of nitrogens with one attached hydrogen (secondary N) is 1. The smallest absolute Gasteiger partial charge is 0.322 e. The number of carboxylic acid groups (broad SMARTS) is 1. The van der Waals surface area contributed by atoms with E-state index in [-0.39, 0.29) is 17.1 Å². The highest BCUT2D eigenvalue weighted by atomic mass is 32.2. The van der Waals surface area contributed by atoms with Crippen LogP contribution in [0.2, 0.25) is 0 Å². The van der Waals surface area contributed by atoms with Crippen LogP contribution in [-0.2, 0) is 21.4 Å². The van der Waals surface area contributed by atoms with Crippen LogP contribution in [-0.4, -0.2) is 25.5 Å². The Morgan fingerprint density at radius 1 is 0.970 bits per heavy atom. The molecule has 0 aliphatic carbocycles. The Balaban J connectivity index is 1.69. The van der Waals surface area contributed by atoms with E-state index >= 15 is 0 Å². The quantitative estimate of drug-likeness (QED) is 0.472. The lowest BCUT2D eigenvalue weighted by molar-refractivity contribution is -0.140. The van der Waals surface area contributed by atoms with Crippen LogP contribution < -0.4 is 9.46 Å². The van der Waals surface area contributed by atoms with Crippen LogP contribution in [0, 0.1) is 17.6 Å². The number of benzene rings is 3. The molecule has 0 bridgehead atoms. The number of halogens is 2. The fourth-order valence-electron chi connectivity index (χ4n) is 3.10. The number of ether oxygens (including phenoxy) is 1. The van der Waals surface area contributed by atoms with Crippen molar-refractivity contribution in [1.82, 2.24) is 4.72 Å². The third kappa shape index (κ3) is 5.94. The summed E-state index contributed by atoms with van der Waals surface area (Å²) >= 11 is 0. The molecule has 33 heavy (non-hydrogen) atoms. The second kappa shape index (κ2) is 10.1. The summed E-state index contributed by atoms with van der Waals surface area (Å²) in [4.78, 5) is 11.3. The molecule has 3 aromatic carbocycles. The molecule has 2 N–H and O–H groups in total. The molecule has 0 heterocycles. The van der Waals surface area contributed by atoms with Gasteiger partial charge in [-0.15, -0.1) is 0 Å². The van der Waals surface area contributed by atoms with Gasteiger partial charge in [-0.1, -0.05) is 50.2 Å². The second-order valence-corrected chi connectivity index (χ2v) is 9.45. The van der Waals surface area contributed by atoms with E-state index in [2.05, 4.69) is 4.72 Å². The van der Waals surface area contributed by atoms with E-state index < -0.39 is 39.6 Å². The maximum Gasteiger partial charge on any atom is 0.322 e. The van der Waals surface area contributed by atoms with Gasteiger partial charge in [0.05, 0.1) is 4.90 Å². The van der Waals surface area contributed by atoms with Gasteiger partial charge in [-0.3, -0.25) is 4.79 Å². The van der Waals surface area contributed by atoms with Crippen LogP contribution in [0.1, 0.15) is 19.4 Å². The first-order chi connectivity index (χ1) is 15.6. The first kappa shape index (κ1) is 24.3. The Bertz CT molecular complexity index is 1230. The summed E-state index contributed by atoms with van der Waals surface area (Å²) < 4.78 is 59.8. The van der Waals surface area contributed by atoms with Gasteiger partial charge < -0.3 is 9.84 Å². The van der Waals surface area contributed by atoms with Crippen molar-refractivity contribution < 1.29 is 31.8 Å². The average molecular weight is 476 g/mol. The lowest BCUT2D eigenvalue weighted by Gasteiger charge is -2.18. The van der Waals surface area contributed by atoms with Gasteiger partial charge in [-0.05, 0) is 47.4 Å². The minimum absolute atomic E-state index is 0.0461. The first-order valence-corrected chi connectivity index (χ1v) is 11.6. The predicted molar refractivity (Wildman–Crippen MR) is 119 cm³/mol. The summed E-state index contributed by atoms with van der Waals surface area (Å²) in [6.07, 6.45) is 0. The molecule has 6 nitrogen and oxygen atoms in total. The van der Waals surface area contributed by atoms with Crippen LogP contribution in [0.5, 0.6) is 5.75 Å². The normalized spacial score (nSPS) is 12.5. The van der Waals surface area contributed by atoms with Crippen molar-refractivity contribution in [2.24, 2.45) is 5.92 Å². The second-order valence-electron chi connectivity index (χ2n) is 7.73. The molecule has 0 aliphatic heterocycles. The molecule has 0 spiro atoms. The molecule has 0 fully saturated rings. The molecule has 0 amide bonds. The Labute approximate surface area is 190 Å². The monoisotopic (exact) mass is 475 g/mol. The summed E-state index contributed by atoms with van der Waals surface area (Å²) in [6, 6.07) is 15.5. The molecule has 0 saturated carbocycles. The largest absolute Gasteiger partial charge is 0.489 e. The molecular formula is C24H23F2NO5S. The number of rotatable bonds is 9. The zero-order valence-electron chi connectivity index (χ0n) is 18.0. The molecule has 3 rings (SSSR count). The van der Waals surface area contributed by atoms with Crippen molar-refractivity contribution in [3.05, 3.63) is 83.9 Å². The molecule has 1 unspecified atom stereocenters. The fourth-order valence-corrected chi connectivity index (χ4v) is 4.44. The summed E-state index contributed by atoms with van der Waals surface area (Å²) in [5.74, 6) is -3.09. The Hall–Kier alpha value is -3.30. The van der Waals surface area contributed by atoms with Crippen molar-refractivity contribution in [1.29, 1.82) is 0 Å². The van der Waals surface area contributed by atoms with E-state index in [0.29, 0.717) is 5.75 Å². The van der Waals surface area contributed by atoms with Gasteiger partial charge in [0.15, 0.2) is 11.6 Å². The van der Waals surface area contributed by atoms with Crippen LogP contribution in [0.15, 0.2) is 71.6 Å². The summed E-state index contributed by atoms with van der Waals surface area (Å²) in [7, 11) is -4.00. The number of aliphatic carboxylic acids is 1. The predicted octanol–water partition coefficient (Wildman–Crippen LogP) is 4.60. The van der Waals surface area contributed by atoms with Gasteiger partial charge >= 0.3 is 5.97 Å². The highest BCUT2D eigenvalue weighted by molar-refractivity contribution is 7.89. The van der Waals surface area contributed by atoms with Crippen molar-refractivity contribution in [2.45, 2.75) is 31.4 Å². The number of hydrogen-bond donors (Lipinski definition) is 2. The van der Waals surface area contributed by atoms with Crippen LogP contribution in [0.3, 0.4) is 0 Å². The van der Waals surface area contributed by atoms with Crippen molar-refractivity contribution in [3.8, 4) is 16.9 Å². The molecule has 174 valence electrons. The maximum atomic E-state index is 13.7. The Kier molecular flexibility index (Phi) is 7.45.